The normalized spacial score (nSPS) is 19.5. The van der Waals surface area contributed by atoms with Crippen LogP contribution < -0.4 is 4.72 Å². The second-order valence-electron chi connectivity index (χ2n) is 11.5. The first-order valence-electron chi connectivity index (χ1n) is 13.5. The zero-order valence-electron chi connectivity index (χ0n) is 23.0. The third-order valence-corrected chi connectivity index (χ3v) is 9.65. The highest BCUT2D eigenvalue weighted by Crippen LogP contribution is 2.44. The van der Waals surface area contributed by atoms with E-state index in [4.69, 9.17) is 9.72 Å². The summed E-state index contributed by atoms with van der Waals surface area (Å²) in [5.74, 6) is -1.87. The Bertz CT molecular complexity index is 1350. The monoisotopic (exact) mass is 554 g/mol. The lowest BCUT2D eigenvalue weighted by molar-refractivity contribution is -0.0800. The molecule has 1 spiro atoms. The summed E-state index contributed by atoms with van der Waals surface area (Å²) in [5.41, 5.74) is 3.32. The molecule has 208 valence electrons. The van der Waals surface area contributed by atoms with Gasteiger partial charge in [-0.05, 0) is 81.0 Å². The van der Waals surface area contributed by atoms with Crippen molar-refractivity contribution in [2.75, 3.05) is 13.1 Å². The lowest BCUT2D eigenvalue weighted by Gasteiger charge is -2.39. The predicted octanol–water partition coefficient (Wildman–Crippen LogP) is 5.48. The molecule has 1 N–H and O–H groups in total. The Hall–Kier alpha value is -2.59. The van der Waals surface area contributed by atoms with E-state index in [0.717, 1.165) is 44.1 Å². The van der Waals surface area contributed by atoms with E-state index in [0.29, 0.717) is 24.3 Å². The fourth-order valence-electron chi connectivity index (χ4n) is 5.56. The summed E-state index contributed by atoms with van der Waals surface area (Å²) in [6.07, 6.45) is 7.87. The Morgan fingerprint density at radius 1 is 1.08 bits per heavy atom. The average Bonchev–Trinajstić information content (AvgIpc) is 3.28. The molecule has 0 radical (unpaired) electrons. The minimum Gasteiger partial charge on any atom is -0.365 e. The summed E-state index contributed by atoms with van der Waals surface area (Å²) in [7, 11) is -1.48. The summed E-state index contributed by atoms with van der Waals surface area (Å²) < 4.78 is 50.3. The zero-order chi connectivity index (χ0) is 27.8. The molecule has 2 atom stereocenters. The topological polar surface area (TPSA) is 67.4 Å². The molecule has 9 heteroatoms. The summed E-state index contributed by atoms with van der Waals surface area (Å²) in [4.78, 5) is 11.5. The van der Waals surface area contributed by atoms with Crippen molar-refractivity contribution >= 4 is 11.0 Å². The number of hydrogen-bond donors (Lipinski definition) is 1. The molecule has 0 unspecified atom stereocenters. The van der Waals surface area contributed by atoms with Gasteiger partial charge < -0.3 is 4.74 Å². The Kier molecular flexibility index (Phi) is 7.72. The fraction of sp³-hybridized carbons (Fsp3) is 0.467. The van der Waals surface area contributed by atoms with Gasteiger partial charge in [-0.15, -0.1) is 0 Å². The first-order chi connectivity index (χ1) is 18.6. The first-order valence-corrected chi connectivity index (χ1v) is 14.6. The van der Waals surface area contributed by atoms with Crippen LogP contribution in [0.2, 0.25) is 0 Å². The summed E-state index contributed by atoms with van der Waals surface area (Å²) in [6, 6.07) is 9.78. The molecule has 0 saturated carbocycles. The molecule has 0 amide bonds. The molecule has 39 heavy (non-hydrogen) atoms. The van der Waals surface area contributed by atoms with Gasteiger partial charge in [0.05, 0.1) is 39.2 Å². The van der Waals surface area contributed by atoms with Gasteiger partial charge in [0.1, 0.15) is 0 Å². The standard InChI is InChI=1S/C30H36F2N4O2S/c1-5-30(35-39(37)28(2,3)4,23-7-8-25(31)26(32)16-23)27-9-6-21(17-34-27)19-36-14-11-29(12-15-36)24-18-33-13-10-22(24)20-38-29/h6-10,13,16-18,35H,5,11-12,14-15,19-20H2,1-4H3/t30-,39+/m0/s1. The Balaban J connectivity index is 1.35. The highest BCUT2D eigenvalue weighted by molar-refractivity contribution is 7.84. The van der Waals surface area contributed by atoms with Crippen molar-refractivity contribution in [2.24, 2.45) is 0 Å². The summed E-state index contributed by atoms with van der Waals surface area (Å²) >= 11 is 0. The van der Waals surface area contributed by atoms with Gasteiger partial charge in [0.25, 0.3) is 0 Å². The van der Waals surface area contributed by atoms with Crippen LogP contribution in [-0.2, 0) is 40.0 Å². The minimum atomic E-state index is -1.48. The van der Waals surface area contributed by atoms with Crippen LogP contribution in [-0.4, -0.2) is 36.9 Å². The zero-order valence-corrected chi connectivity index (χ0v) is 23.8. The van der Waals surface area contributed by atoms with E-state index in [9.17, 15) is 13.0 Å². The third kappa shape index (κ3) is 5.42. The quantitative estimate of drug-likeness (QED) is 0.419. The number of benzene rings is 1. The maximum Gasteiger partial charge on any atom is 0.159 e. The van der Waals surface area contributed by atoms with Crippen molar-refractivity contribution in [2.45, 2.75) is 76.0 Å². The van der Waals surface area contributed by atoms with Crippen LogP contribution >= 0.6 is 0 Å². The van der Waals surface area contributed by atoms with Crippen molar-refractivity contribution in [3.8, 4) is 0 Å². The molecule has 3 aromatic rings. The van der Waals surface area contributed by atoms with E-state index in [2.05, 4.69) is 14.6 Å². The molecule has 0 aliphatic carbocycles. The van der Waals surface area contributed by atoms with Crippen LogP contribution in [0.4, 0.5) is 8.78 Å². The Labute approximate surface area is 231 Å². The second kappa shape index (κ2) is 10.8. The van der Waals surface area contributed by atoms with E-state index in [1.54, 1.807) is 0 Å². The lowest BCUT2D eigenvalue weighted by atomic mass is 9.84. The molecule has 5 rings (SSSR count). The van der Waals surface area contributed by atoms with Crippen molar-refractivity contribution in [1.29, 1.82) is 0 Å². The maximum atomic E-state index is 14.3. The number of pyridine rings is 2. The van der Waals surface area contributed by atoms with Crippen LogP contribution in [0, 0.1) is 11.6 Å². The van der Waals surface area contributed by atoms with Crippen molar-refractivity contribution in [3.05, 3.63) is 94.6 Å². The van der Waals surface area contributed by atoms with Crippen LogP contribution in [0.15, 0.2) is 55.0 Å². The molecule has 1 saturated heterocycles. The second-order valence-corrected chi connectivity index (χ2v) is 13.5. The fourth-order valence-corrected chi connectivity index (χ4v) is 6.55. The number of aromatic nitrogens is 2. The Morgan fingerprint density at radius 3 is 2.49 bits per heavy atom. The lowest BCUT2D eigenvalue weighted by Crippen LogP contribution is -2.49. The SMILES string of the molecule is CC[C@](N[S@](=O)C(C)(C)C)(c1ccc(F)c(F)c1)c1ccc(CN2CCC3(CC2)OCc2ccncc23)cn1. The van der Waals surface area contributed by atoms with Gasteiger partial charge in [-0.3, -0.25) is 14.9 Å². The van der Waals surface area contributed by atoms with Gasteiger partial charge >= 0.3 is 0 Å². The molecule has 1 aromatic carbocycles. The molecule has 2 aliphatic heterocycles. The maximum absolute atomic E-state index is 14.3. The number of hydrogen-bond acceptors (Lipinski definition) is 5. The number of nitrogens with one attached hydrogen (secondary N) is 1. The van der Waals surface area contributed by atoms with Crippen molar-refractivity contribution in [1.82, 2.24) is 19.6 Å². The number of halogens is 2. The average molecular weight is 555 g/mol. The number of piperidine rings is 1. The molecule has 4 heterocycles. The molecule has 6 nitrogen and oxygen atoms in total. The van der Waals surface area contributed by atoms with Gasteiger partial charge in [-0.1, -0.05) is 19.1 Å². The van der Waals surface area contributed by atoms with Gasteiger partial charge in [0.15, 0.2) is 11.6 Å². The first kappa shape index (κ1) is 28.0. The van der Waals surface area contributed by atoms with E-state index in [-0.39, 0.29) is 5.60 Å². The minimum absolute atomic E-state index is 0.234. The summed E-state index contributed by atoms with van der Waals surface area (Å²) in [6.45, 7) is 10.7. The number of nitrogens with zero attached hydrogens (tertiary/aromatic N) is 3. The van der Waals surface area contributed by atoms with Gasteiger partial charge in [-0.25, -0.2) is 17.7 Å². The van der Waals surface area contributed by atoms with E-state index < -0.39 is 32.9 Å². The largest absolute Gasteiger partial charge is 0.365 e. The summed E-state index contributed by atoms with van der Waals surface area (Å²) in [5, 5.41) is 0. The van der Waals surface area contributed by atoms with E-state index in [1.165, 1.54) is 23.3 Å². The molecule has 2 aromatic heterocycles. The van der Waals surface area contributed by atoms with Gasteiger partial charge in [0.2, 0.25) is 0 Å². The van der Waals surface area contributed by atoms with Crippen LogP contribution in [0.3, 0.4) is 0 Å². The molecular formula is C30H36F2N4O2S. The number of fused-ring (bicyclic) bond motifs is 2. The molecule has 1 fully saturated rings. The molecule has 2 aliphatic rings. The number of ether oxygens (including phenoxy) is 1. The van der Waals surface area contributed by atoms with Crippen LogP contribution in [0.1, 0.15) is 74.9 Å². The van der Waals surface area contributed by atoms with Crippen LogP contribution in [0.5, 0.6) is 0 Å². The van der Waals surface area contributed by atoms with E-state index >= 15 is 0 Å². The van der Waals surface area contributed by atoms with Gasteiger partial charge in [0, 0.05) is 43.8 Å². The highest BCUT2D eigenvalue weighted by atomic mass is 32.2. The molecule has 0 bridgehead atoms. The Morgan fingerprint density at radius 2 is 1.85 bits per heavy atom. The van der Waals surface area contributed by atoms with Crippen molar-refractivity contribution < 1.29 is 17.7 Å². The van der Waals surface area contributed by atoms with E-state index in [1.807, 2.05) is 64.5 Å². The number of likely N-dealkylation sites (tertiary alicyclic amines) is 1. The van der Waals surface area contributed by atoms with Crippen LogP contribution in [0.25, 0.3) is 0 Å². The van der Waals surface area contributed by atoms with Gasteiger partial charge in [-0.2, -0.15) is 0 Å². The number of rotatable bonds is 7. The van der Waals surface area contributed by atoms with Crippen molar-refractivity contribution in [3.63, 3.8) is 0 Å². The smallest absolute Gasteiger partial charge is 0.159 e. The predicted molar refractivity (Wildman–Crippen MR) is 148 cm³/mol. The highest BCUT2D eigenvalue weighted by Gasteiger charge is 2.43. The third-order valence-electron chi connectivity index (χ3n) is 8.00. The molecular weight excluding hydrogens is 518 g/mol.